The van der Waals surface area contributed by atoms with Crippen molar-refractivity contribution in [3.05, 3.63) is 59.7 Å². The van der Waals surface area contributed by atoms with Crippen LogP contribution < -0.4 is 0 Å². The van der Waals surface area contributed by atoms with Crippen LogP contribution in [0.15, 0.2) is 35.9 Å². The molecule has 0 heterocycles. The molecule has 0 fully saturated rings. The standard InChI is InChI=1S/C10H14.C8H12.Y/c1-3-6-10-8-5-4-7-9(10)2;1-4-6-7-8(3)5-2;/h4-5,7-8H,3,6H2,1-2H3;2,5H,4,6H2,1,3H3;/q;-2;. The average molecular weight is 331 g/mol. The van der Waals surface area contributed by atoms with Gasteiger partial charge in [0.15, 0.2) is 0 Å². The maximum atomic E-state index is 5.19. The molecule has 0 spiro atoms. The van der Waals surface area contributed by atoms with Crippen LogP contribution in [-0.4, -0.2) is 0 Å². The first-order chi connectivity index (χ1) is 8.65. The van der Waals surface area contributed by atoms with Crippen LogP contribution in [0, 0.1) is 19.6 Å². The van der Waals surface area contributed by atoms with E-state index < -0.39 is 0 Å². The van der Waals surface area contributed by atoms with Crippen molar-refractivity contribution in [1.82, 2.24) is 0 Å². The third-order valence-electron chi connectivity index (χ3n) is 2.68. The van der Waals surface area contributed by atoms with Gasteiger partial charge in [-0.05, 0) is 24.5 Å². The normalized spacial score (nSPS) is 10.0. The fraction of sp³-hybridized carbons (Fsp3) is 0.444. The smallest absolute Gasteiger partial charge is 0 e. The van der Waals surface area contributed by atoms with E-state index in [1.807, 2.05) is 6.92 Å². The van der Waals surface area contributed by atoms with Gasteiger partial charge in [0.2, 0.25) is 0 Å². The van der Waals surface area contributed by atoms with Crippen molar-refractivity contribution in [3.63, 3.8) is 0 Å². The molecule has 0 aliphatic heterocycles. The van der Waals surface area contributed by atoms with E-state index in [2.05, 4.69) is 51.1 Å². The summed E-state index contributed by atoms with van der Waals surface area (Å²) in [6, 6.07) is 8.58. The van der Waals surface area contributed by atoms with Gasteiger partial charge in [-0.1, -0.05) is 51.0 Å². The molecule has 0 atom stereocenters. The van der Waals surface area contributed by atoms with E-state index in [0.717, 1.165) is 18.4 Å². The van der Waals surface area contributed by atoms with Crippen LogP contribution in [0.2, 0.25) is 0 Å². The quantitative estimate of drug-likeness (QED) is 0.496. The van der Waals surface area contributed by atoms with Crippen LogP contribution in [0.3, 0.4) is 0 Å². The summed E-state index contributed by atoms with van der Waals surface area (Å²) in [4.78, 5) is 0. The summed E-state index contributed by atoms with van der Waals surface area (Å²) >= 11 is 0. The number of benzene rings is 1. The second kappa shape index (κ2) is 14.2. The van der Waals surface area contributed by atoms with E-state index in [0.29, 0.717) is 0 Å². The molecule has 1 heteroatoms. The Hall–Kier alpha value is -0.196. The van der Waals surface area contributed by atoms with E-state index in [9.17, 15) is 0 Å². The Kier molecular flexibility index (Phi) is 15.8. The Morgan fingerprint density at radius 3 is 2.32 bits per heavy atom. The van der Waals surface area contributed by atoms with E-state index in [4.69, 9.17) is 6.58 Å². The largest absolute Gasteiger partial charge is 0.394 e. The number of unbranched alkanes of at least 4 members (excludes halogenated alkanes) is 1. The molecule has 103 valence electrons. The van der Waals surface area contributed by atoms with E-state index >= 15 is 0 Å². The third kappa shape index (κ3) is 11.3. The molecule has 0 amide bonds. The molecule has 0 bridgehead atoms. The van der Waals surface area contributed by atoms with Gasteiger partial charge < -0.3 is 24.3 Å². The van der Waals surface area contributed by atoms with Crippen LogP contribution in [0.4, 0.5) is 0 Å². The average Bonchev–Trinajstić information content (AvgIpc) is 2.39. The zero-order chi connectivity index (χ0) is 13.8. The molecule has 0 aliphatic rings. The summed E-state index contributed by atoms with van der Waals surface area (Å²) in [5.74, 6) is 0. The summed E-state index contributed by atoms with van der Waals surface area (Å²) in [5.41, 5.74) is 3.96. The van der Waals surface area contributed by atoms with Crippen LogP contribution in [0.5, 0.6) is 0 Å². The van der Waals surface area contributed by atoms with Gasteiger partial charge in [-0.2, -0.15) is 0 Å². The Morgan fingerprint density at radius 2 is 1.84 bits per heavy atom. The molecule has 1 radical (unpaired) electrons. The molecule has 1 aromatic rings. The number of hydrogen-bond acceptors (Lipinski definition) is 0. The maximum absolute atomic E-state index is 5.19. The van der Waals surface area contributed by atoms with Crippen molar-refractivity contribution < 1.29 is 32.7 Å². The van der Waals surface area contributed by atoms with E-state index in [-0.39, 0.29) is 32.7 Å². The molecule has 0 aromatic heterocycles. The molecule has 0 saturated carbocycles. The van der Waals surface area contributed by atoms with Crippen LogP contribution in [0.1, 0.15) is 51.2 Å². The van der Waals surface area contributed by atoms with Crippen molar-refractivity contribution in [2.75, 3.05) is 0 Å². The molecule has 0 nitrogen and oxygen atoms in total. The molecule has 1 aromatic carbocycles. The SMILES string of the molecule is CCCc1ccccc1C.[CH-]=CC(C)=[C-]CCC.[Y]. The van der Waals surface area contributed by atoms with Crippen molar-refractivity contribution in [1.29, 1.82) is 0 Å². The Bertz CT molecular complexity index is 364. The van der Waals surface area contributed by atoms with Gasteiger partial charge in [0, 0.05) is 32.7 Å². The summed E-state index contributed by atoms with van der Waals surface area (Å²) < 4.78 is 0. The molecule has 0 saturated heterocycles. The van der Waals surface area contributed by atoms with Gasteiger partial charge in [0.05, 0.1) is 0 Å². The minimum Gasteiger partial charge on any atom is -0.394 e. The first-order valence-electron chi connectivity index (χ1n) is 6.82. The van der Waals surface area contributed by atoms with Gasteiger partial charge >= 0.3 is 0 Å². The van der Waals surface area contributed by atoms with E-state index in [1.54, 1.807) is 6.08 Å². The van der Waals surface area contributed by atoms with Crippen molar-refractivity contribution in [2.24, 2.45) is 0 Å². The van der Waals surface area contributed by atoms with Crippen LogP contribution >= 0.6 is 0 Å². The predicted octanol–water partition coefficient (Wildman–Crippen LogP) is 5.47. The summed E-state index contributed by atoms with van der Waals surface area (Å²) in [7, 11) is 0. The predicted molar refractivity (Wildman–Crippen MR) is 81.4 cm³/mol. The molecule has 19 heavy (non-hydrogen) atoms. The number of aryl methyl sites for hydroxylation is 2. The van der Waals surface area contributed by atoms with Crippen molar-refractivity contribution in [3.8, 4) is 0 Å². The number of allylic oxidation sites excluding steroid dienone is 3. The second-order valence-corrected chi connectivity index (χ2v) is 4.45. The molecule has 1 rings (SSSR count). The van der Waals surface area contributed by atoms with Crippen molar-refractivity contribution in [2.45, 2.75) is 53.4 Å². The Labute approximate surface area is 145 Å². The van der Waals surface area contributed by atoms with E-state index in [1.165, 1.54) is 24.0 Å². The van der Waals surface area contributed by atoms with Gasteiger partial charge in [-0.3, -0.25) is 0 Å². The third-order valence-corrected chi connectivity index (χ3v) is 2.68. The number of hydrogen-bond donors (Lipinski definition) is 0. The van der Waals surface area contributed by atoms with Crippen molar-refractivity contribution >= 4 is 0 Å². The second-order valence-electron chi connectivity index (χ2n) is 4.45. The first-order valence-corrected chi connectivity index (χ1v) is 6.82. The Morgan fingerprint density at radius 1 is 1.21 bits per heavy atom. The van der Waals surface area contributed by atoms with Gasteiger partial charge in [-0.25, -0.2) is 0 Å². The molecule has 0 N–H and O–H groups in total. The minimum atomic E-state index is 0. The van der Waals surface area contributed by atoms with Gasteiger partial charge in [-0.15, -0.1) is 13.3 Å². The monoisotopic (exact) mass is 331 g/mol. The maximum Gasteiger partial charge on any atom is 0 e. The molecular formula is C18H26Y-2. The molecular weight excluding hydrogens is 305 g/mol. The minimum absolute atomic E-state index is 0. The van der Waals surface area contributed by atoms with Crippen LogP contribution in [0.25, 0.3) is 0 Å². The summed E-state index contributed by atoms with van der Waals surface area (Å²) in [6.07, 6.45) is 9.31. The fourth-order valence-electron chi connectivity index (χ4n) is 1.54. The summed E-state index contributed by atoms with van der Waals surface area (Å²) in [6.45, 7) is 13.7. The fourth-order valence-corrected chi connectivity index (χ4v) is 1.54. The molecule has 0 aliphatic carbocycles. The zero-order valence-corrected chi connectivity index (χ0v) is 15.7. The summed E-state index contributed by atoms with van der Waals surface area (Å²) in [5, 5.41) is 0. The topological polar surface area (TPSA) is 0 Å². The first kappa shape index (κ1) is 21.1. The van der Waals surface area contributed by atoms with Gasteiger partial charge in [0.1, 0.15) is 0 Å². The van der Waals surface area contributed by atoms with Crippen LogP contribution in [-0.2, 0) is 39.1 Å². The number of rotatable bonds is 5. The molecule has 0 unspecified atom stereocenters. The zero-order valence-electron chi connectivity index (χ0n) is 12.9. The Balaban J connectivity index is 0. The van der Waals surface area contributed by atoms with Gasteiger partial charge in [0.25, 0.3) is 0 Å².